The number of hydrogen-bond donors (Lipinski definition) is 2. The van der Waals surface area contributed by atoms with E-state index in [4.69, 9.17) is 0 Å². The van der Waals surface area contributed by atoms with E-state index in [1.54, 1.807) is 10.8 Å². The number of nitrogens with two attached hydrogens (primary N) is 1. The molecule has 0 saturated carbocycles. The molecular formula is C6H7N3O3S. The van der Waals surface area contributed by atoms with Crippen LogP contribution in [0, 0.1) is 0 Å². The Kier molecular flexibility index (Phi) is 2.47. The van der Waals surface area contributed by atoms with Gasteiger partial charge < -0.3 is 5.73 Å². The molecule has 0 aliphatic heterocycles. The van der Waals surface area contributed by atoms with Gasteiger partial charge in [0.25, 0.3) is 10.0 Å². The lowest BCUT2D eigenvalue weighted by Crippen LogP contribution is -2.35. The Balaban J connectivity index is 3.02. The van der Waals surface area contributed by atoms with Crippen LogP contribution in [-0.4, -0.2) is 19.4 Å². The molecule has 2 amide bonds. The molecule has 1 rings (SSSR count). The molecule has 0 radical (unpaired) electrons. The number of aromatic nitrogens is 1. The first-order valence-corrected chi connectivity index (χ1v) is 4.74. The third kappa shape index (κ3) is 2.41. The number of primary amides is 1. The van der Waals surface area contributed by atoms with Crippen molar-refractivity contribution in [3.63, 3.8) is 0 Å². The van der Waals surface area contributed by atoms with Crippen molar-refractivity contribution in [3.8, 4) is 0 Å². The summed E-state index contributed by atoms with van der Waals surface area (Å²) in [5, 5.41) is -0.242. The molecule has 0 aromatic carbocycles. The van der Waals surface area contributed by atoms with Crippen LogP contribution in [0.5, 0.6) is 0 Å². The second-order valence-electron chi connectivity index (χ2n) is 2.14. The molecule has 6 nitrogen and oxygen atoms in total. The van der Waals surface area contributed by atoms with Gasteiger partial charge in [0.15, 0.2) is 5.03 Å². The van der Waals surface area contributed by atoms with Crippen LogP contribution in [0.15, 0.2) is 29.4 Å². The lowest BCUT2D eigenvalue weighted by atomic mass is 10.5. The van der Waals surface area contributed by atoms with Crippen molar-refractivity contribution >= 4 is 16.1 Å². The fraction of sp³-hybridized carbons (Fsp3) is 0. The molecule has 0 atom stereocenters. The molecule has 0 unspecified atom stereocenters. The summed E-state index contributed by atoms with van der Waals surface area (Å²) < 4.78 is 23.9. The smallest absolute Gasteiger partial charge is 0.326 e. The second-order valence-corrected chi connectivity index (χ2v) is 3.77. The van der Waals surface area contributed by atoms with Gasteiger partial charge in [-0.2, -0.15) is 8.42 Å². The number of carbonyl (C=O) groups excluding carboxylic acids is 1. The minimum atomic E-state index is -3.90. The summed E-state index contributed by atoms with van der Waals surface area (Å²) in [6.07, 6.45) is 1.30. The average Bonchev–Trinajstić information content (AvgIpc) is 2.04. The molecule has 7 heteroatoms. The lowest BCUT2D eigenvalue weighted by molar-refractivity contribution is 0.253. The zero-order valence-electron chi connectivity index (χ0n) is 6.47. The molecule has 0 aliphatic carbocycles. The minimum Gasteiger partial charge on any atom is -0.351 e. The molecule has 1 aromatic heterocycles. The highest BCUT2D eigenvalue weighted by Crippen LogP contribution is 2.01. The normalized spacial score (nSPS) is 10.8. The Morgan fingerprint density at radius 2 is 2.15 bits per heavy atom. The predicted molar refractivity (Wildman–Crippen MR) is 44.1 cm³/mol. The molecule has 0 saturated heterocycles. The Hall–Kier alpha value is -1.63. The molecule has 0 spiro atoms. The van der Waals surface area contributed by atoms with E-state index in [0.29, 0.717) is 0 Å². The Morgan fingerprint density at radius 3 is 2.62 bits per heavy atom. The first-order valence-electron chi connectivity index (χ1n) is 3.25. The van der Waals surface area contributed by atoms with Crippen molar-refractivity contribution in [3.05, 3.63) is 24.4 Å². The first kappa shape index (κ1) is 9.46. The van der Waals surface area contributed by atoms with Gasteiger partial charge in [0, 0.05) is 6.20 Å². The fourth-order valence-corrected chi connectivity index (χ4v) is 1.52. The van der Waals surface area contributed by atoms with Crippen LogP contribution >= 0.6 is 0 Å². The number of nitrogens with one attached hydrogen (secondary N) is 1. The number of sulfonamides is 1. The molecule has 1 heterocycles. The molecular weight excluding hydrogens is 194 g/mol. The number of pyridine rings is 1. The molecule has 1 aromatic rings. The highest BCUT2D eigenvalue weighted by atomic mass is 32.2. The van der Waals surface area contributed by atoms with E-state index in [9.17, 15) is 13.2 Å². The number of rotatable bonds is 2. The van der Waals surface area contributed by atoms with E-state index in [1.165, 1.54) is 18.3 Å². The largest absolute Gasteiger partial charge is 0.351 e. The van der Waals surface area contributed by atoms with E-state index >= 15 is 0 Å². The van der Waals surface area contributed by atoms with Crippen LogP contribution < -0.4 is 10.5 Å². The lowest BCUT2D eigenvalue weighted by Gasteiger charge is -2.01. The Morgan fingerprint density at radius 1 is 1.46 bits per heavy atom. The van der Waals surface area contributed by atoms with Gasteiger partial charge in [-0.3, -0.25) is 0 Å². The average molecular weight is 201 g/mol. The zero-order valence-corrected chi connectivity index (χ0v) is 7.28. The summed E-state index contributed by atoms with van der Waals surface area (Å²) >= 11 is 0. The molecule has 0 aliphatic rings. The van der Waals surface area contributed by atoms with Crippen LogP contribution in [-0.2, 0) is 10.0 Å². The minimum absolute atomic E-state index is 0.242. The van der Waals surface area contributed by atoms with Gasteiger partial charge in [-0.1, -0.05) is 6.07 Å². The third-order valence-corrected chi connectivity index (χ3v) is 2.41. The monoisotopic (exact) mass is 201 g/mol. The van der Waals surface area contributed by atoms with Crippen LogP contribution in [0.3, 0.4) is 0 Å². The van der Waals surface area contributed by atoms with E-state index in [0.717, 1.165) is 0 Å². The van der Waals surface area contributed by atoms with Crippen molar-refractivity contribution < 1.29 is 13.2 Å². The molecule has 70 valence electrons. The first-order chi connectivity index (χ1) is 6.02. The van der Waals surface area contributed by atoms with E-state index < -0.39 is 16.1 Å². The summed E-state index contributed by atoms with van der Waals surface area (Å²) in [5.74, 6) is 0. The van der Waals surface area contributed by atoms with E-state index in [-0.39, 0.29) is 5.03 Å². The van der Waals surface area contributed by atoms with Gasteiger partial charge >= 0.3 is 6.03 Å². The third-order valence-electron chi connectivity index (χ3n) is 1.15. The van der Waals surface area contributed by atoms with E-state index in [2.05, 4.69) is 10.7 Å². The van der Waals surface area contributed by atoms with E-state index in [1.807, 2.05) is 0 Å². The van der Waals surface area contributed by atoms with Crippen molar-refractivity contribution in [2.75, 3.05) is 0 Å². The van der Waals surface area contributed by atoms with Crippen LogP contribution in [0.2, 0.25) is 0 Å². The van der Waals surface area contributed by atoms with Crippen LogP contribution in [0.25, 0.3) is 0 Å². The van der Waals surface area contributed by atoms with Crippen molar-refractivity contribution in [1.82, 2.24) is 9.71 Å². The Labute approximate surface area is 74.8 Å². The van der Waals surface area contributed by atoms with Gasteiger partial charge in [0.2, 0.25) is 0 Å². The second kappa shape index (κ2) is 3.40. The maximum atomic E-state index is 11.2. The summed E-state index contributed by atoms with van der Waals surface area (Å²) in [5.41, 5.74) is 4.66. The number of hydrogen-bond acceptors (Lipinski definition) is 4. The maximum Gasteiger partial charge on any atom is 0.326 e. The van der Waals surface area contributed by atoms with Gasteiger partial charge in [0.05, 0.1) is 0 Å². The number of nitrogens with zero attached hydrogens (tertiary/aromatic N) is 1. The number of amides is 2. The topological polar surface area (TPSA) is 102 Å². The summed E-state index contributed by atoms with van der Waals surface area (Å²) in [7, 11) is -3.90. The zero-order chi connectivity index (χ0) is 9.90. The van der Waals surface area contributed by atoms with Gasteiger partial charge in [0.1, 0.15) is 0 Å². The van der Waals surface area contributed by atoms with Crippen LogP contribution in [0.4, 0.5) is 4.79 Å². The fourth-order valence-electron chi connectivity index (χ4n) is 0.691. The van der Waals surface area contributed by atoms with Gasteiger partial charge in [-0.05, 0) is 12.1 Å². The highest BCUT2D eigenvalue weighted by Gasteiger charge is 2.16. The highest BCUT2D eigenvalue weighted by molar-refractivity contribution is 7.90. The SMILES string of the molecule is NC(=O)NS(=O)(=O)c1ccccn1. The van der Waals surface area contributed by atoms with Gasteiger partial charge in [-0.15, -0.1) is 0 Å². The van der Waals surface area contributed by atoms with Crippen LogP contribution in [0.1, 0.15) is 0 Å². The Bertz CT molecular complexity index is 400. The maximum absolute atomic E-state index is 11.2. The number of urea groups is 1. The summed E-state index contributed by atoms with van der Waals surface area (Å²) in [4.78, 5) is 13.8. The molecule has 13 heavy (non-hydrogen) atoms. The predicted octanol–water partition coefficient (Wildman–Crippen LogP) is -0.561. The standard InChI is InChI=1S/C6H7N3O3S/c7-6(10)9-13(11,12)5-3-1-2-4-8-5/h1-4H,(H3,7,9,10). The van der Waals surface area contributed by atoms with Crippen molar-refractivity contribution in [2.45, 2.75) is 5.03 Å². The van der Waals surface area contributed by atoms with Gasteiger partial charge in [-0.25, -0.2) is 14.5 Å². The van der Waals surface area contributed by atoms with Crippen molar-refractivity contribution in [2.24, 2.45) is 5.73 Å². The molecule has 0 fully saturated rings. The molecule has 3 N–H and O–H groups in total. The summed E-state index contributed by atoms with van der Waals surface area (Å²) in [6.45, 7) is 0. The molecule has 0 bridgehead atoms. The van der Waals surface area contributed by atoms with Crippen molar-refractivity contribution in [1.29, 1.82) is 0 Å². The number of carbonyl (C=O) groups is 1. The summed E-state index contributed by atoms with van der Waals surface area (Å²) in [6, 6.07) is 3.17. The quantitative estimate of drug-likeness (QED) is 0.669.